The first-order chi connectivity index (χ1) is 9.08. The Morgan fingerprint density at radius 2 is 2.16 bits per heavy atom. The standard InChI is InChI=1S/C11H16N6O2/c1-7-10(8(2)19-14-7)6-12-11(18)4-5-17-9(3)13-15-16-17/h4-6H2,1-3H3,(H,12,18). The van der Waals surface area contributed by atoms with Crippen LogP contribution in [0.15, 0.2) is 4.52 Å². The average molecular weight is 264 g/mol. The van der Waals surface area contributed by atoms with Crippen molar-refractivity contribution in [3.8, 4) is 0 Å². The van der Waals surface area contributed by atoms with Crippen LogP contribution in [-0.2, 0) is 17.9 Å². The van der Waals surface area contributed by atoms with Gasteiger partial charge in [-0.15, -0.1) is 5.10 Å². The lowest BCUT2D eigenvalue weighted by Gasteiger charge is -2.05. The Morgan fingerprint density at radius 1 is 1.37 bits per heavy atom. The van der Waals surface area contributed by atoms with Crippen molar-refractivity contribution in [1.29, 1.82) is 0 Å². The number of nitrogens with one attached hydrogen (secondary N) is 1. The summed E-state index contributed by atoms with van der Waals surface area (Å²) in [7, 11) is 0. The molecule has 19 heavy (non-hydrogen) atoms. The van der Waals surface area contributed by atoms with Crippen LogP contribution in [0.25, 0.3) is 0 Å². The molecule has 2 heterocycles. The SMILES string of the molecule is Cc1noc(C)c1CNC(=O)CCn1nnnc1C. The largest absolute Gasteiger partial charge is 0.361 e. The molecule has 1 amide bonds. The zero-order valence-corrected chi connectivity index (χ0v) is 11.2. The Balaban J connectivity index is 1.81. The van der Waals surface area contributed by atoms with Gasteiger partial charge in [-0.2, -0.15) is 0 Å². The molecular weight excluding hydrogens is 248 g/mol. The Bertz CT molecular complexity index is 554. The van der Waals surface area contributed by atoms with Crippen LogP contribution in [-0.4, -0.2) is 31.3 Å². The van der Waals surface area contributed by atoms with E-state index in [0.29, 0.717) is 25.3 Å². The van der Waals surface area contributed by atoms with Gasteiger partial charge in [-0.3, -0.25) is 4.79 Å². The molecule has 0 bridgehead atoms. The van der Waals surface area contributed by atoms with Gasteiger partial charge in [0, 0.05) is 18.5 Å². The number of aromatic nitrogens is 5. The first-order valence-corrected chi connectivity index (χ1v) is 5.99. The number of rotatable bonds is 5. The maximum atomic E-state index is 11.7. The number of carbonyl (C=O) groups excluding carboxylic acids is 1. The summed E-state index contributed by atoms with van der Waals surface area (Å²) in [5.74, 6) is 1.36. The van der Waals surface area contributed by atoms with Crippen molar-refractivity contribution in [2.45, 2.75) is 40.3 Å². The highest BCUT2D eigenvalue weighted by molar-refractivity contribution is 5.75. The van der Waals surface area contributed by atoms with Crippen LogP contribution in [0, 0.1) is 20.8 Å². The van der Waals surface area contributed by atoms with E-state index in [2.05, 4.69) is 26.0 Å². The van der Waals surface area contributed by atoms with E-state index in [4.69, 9.17) is 4.52 Å². The van der Waals surface area contributed by atoms with Gasteiger partial charge in [-0.05, 0) is 31.2 Å². The van der Waals surface area contributed by atoms with Crippen LogP contribution in [0.3, 0.4) is 0 Å². The molecule has 2 aromatic heterocycles. The van der Waals surface area contributed by atoms with E-state index < -0.39 is 0 Å². The van der Waals surface area contributed by atoms with Crippen molar-refractivity contribution in [2.24, 2.45) is 0 Å². The minimum atomic E-state index is -0.0603. The van der Waals surface area contributed by atoms with Gasteiger partial charge in [-0.25, -0.2) is 4.68 Å². The Hall–Kier alpha value is -2.25. The highest BCUT2D eigenvalue weighted by Crippen LogP contribution is 2.11. The fraction of sp³-hybridized carbons (Fsp3) is 0.545. The molecule has 2 aromatic rings. The minimum Gasteiger partial charge on any atom is -0.361 e. The fourth-order valence-corrected chi connectivity index (χ4v) is 1.69. The van der Waals surface area contributed by atoms with Gasteiger partial charge in [0.05, 0.1) is 12.2 Å². The smallest absolute Gasteiger partial charge is 0.222 e. The molecule has 0 saturated carbocycles. The molecule has 0 fully saturated rings. The van der Waals surface area contributed by atoms with Crippen LogP contribution < -0.4 is 5.32 Å². The van der Waals surface area contributed by atoms with Crippen LogP contribution in [0.2, 0.25) is 0 Å². The lowest BCUT2D eigenvalue weighted by Crippen LogP contribution is -2.24. The molecule has 0 spiro atoms. The van der Waals surface area contributed by atoms with Gasteiger partial charge < -0.3 is 9.84 Å². The number of hydrogen-bond donors (Lipinski definition) is 1. The Morgan fingerprint density at radius 3 is 2.74 bits per heavy atom. The zero-order valence-electron chi connectivity index (χ0n) is 11.2. The van der Waals surface area contributed by atoms with Crippen LogP contribution in [0.4, 0.5) is 0 Å². The van der Waals surface area contributed by atoms with E-state index in [0.717, 1.165) is 17.0 Å². The summed E-state index contributed by atoms with van der Waals surface area (Å²) >= 11 is 0. The van der Waals surface area contributed by atoms with E-state index in [1.54, 1.807) is 11.6 Å². The Labute approximate surface area is 110 Å². The van der Waals surface area contributed by atoms with Crippen LogP contribution >= 0.6 is 0 Å². The molecule has 0 aromatic carbocycles. The monoisotopic (exact) mass is 264 g/mol. The number of tetrazole rings is 1. The molecule has 0 aliphatic carbocycles. The second-order valence-corrected chi connectivity index (χ2v) is 4.28. The van der Waals surface area contributed by atoms with Gasteiger partial charge in [0.1, 0.15) is 11.6 Å². The van der Waals surface area contributed by atoms with Gasteiger partial charge in [0.15, 0.2) is 0 Å². The first-order valence-electron chi connectivity index (χ1n) is 5.99. The normalized spacial score (nSPS) is 10.7. The fourth-order valence-electron chi connectivity index (χ4n) is 1.69. The van der Waals surface area contributed by atoms with Crippen molar-refractivity contribution < 1.29 is 9.32 Å². The summed E-state index contributed by atoms with van der Waals surface area (Å²) in [6, 6.07) is 0. The molecular formula is C11H16N6O2. The third kappa shape index (κ3) is 3.15. The predicted molar refractivity (Wildman–Crippen MR) is 65.0 cm³/mol. The summed E-state index contributed by atoms with van der Waals surface area (Å²) in [5, 5.41) is 17.7. The second-order valence-electron chi connectivity index (χ2n) is 4.28. The highest BCUT2D eigenvalue weighted by atomic mass is 16.5. The van der Waals surface area contributed by atoms with Crippen LogP contribution in [0.5, 0.6) is 0 Å². The molecule has 8 heteroatoms. The minimum absolute atomic E-state index is 0.0603. The molecule has 8 nitrogen and oxygen atoms in total. The number of hydrogen-bond acceptors (Lipinski definition) is 6. The van der Waals surface area contributed by atoms with Gasteiger partial charge in [0.25, 0.3) is 0 Å². The number of nitrogens with zero attached hydrogens (tertiary/aromatic N) is 5. The van der Waals surface area contributed by atoms with E-state index >= 15 is 0 Å². The number of amides is 1. The summed E-state index contributed by atoms with van der Waals surface area (Å²) in [5.41, 5.74) is 1.72. The number of aryl methyl sites for hydroxylation is 4. The molecule has 2 rings (SSSR count). The number of carbonyl (C=O) groups is 1. The molecule has 0 atom stereocenters. The van der Waals surface area contributed by atoms with E-state index in [9.17, 15) is 4.79 Å². The summed E-state index contributed by atoms with van der Waals surface area (Å²) in [4.78, 5) is 11.7. The van der Waals surface area contributed by atoms with Crippen LogP contribution in [0.1, 0.15) is 29.3 Å². The molecule has 0 unspecified atom stereocenters. The maximum absolute atomic E-state index is 11.7. The Kier molecular flexibility index (Phi) is 3.88. The summed E-state index contributed by atoms with van der Waals surface area (Å²) in [6.07, 6.45) is 0.329. The zero-order chi connectivity index (χ0) is 13.8. The van der Waals surface area contributed by atoms with E-state index in [1.165, 1.54) is 0 Å². The third-order valence-corrected chi connectivity index (χ3v) is 2.91. The van der Waals surface area contributed by atoms with Crippen molar-refractivity contribution in [3.63, 3.8) is 0 Å². The van der Waals surface area contributed by atoms with Crippen molar-refractivity contribution in [1.82, 2.24) is 30.7 Å². The summed E-state index contributed by atoms with van der Waals surface area (Å²) < 4.78 is 6.62. The van der Waals surface area contributed by atoms with E-state index in [-0.39, 0.29) is 5.91 Å². The highest BCUT2D eigenvalue weighted by Gasteiger charge is 2.10. The second kappa shape index (κ2) is 5.59. The molecule has 102 valence electrons. The molecule has 0 saturated heterocycles. The maximum Gasteiger partial charge on any atom is 0.222 e. The molecule has 0 aliphatic heterocycles. The predicted octanol–water partition coefficient (Wildman–Crippen LogP) is 0.293. The lowest BCUT2D eigenvalue weighted by molar-refractivity contribution is -0.121. The van der Waals surface area contributed by atoms with Crippen molar-refractivity contribution in [2.75, 3.05) is 0 Å². The molecule has 0 radical (unpaired) electrons. The summed E-state index contributed by atoms with van der Waals surface area (Å²) in [6.45, 7) is 6.36. The third-order valence-electron chi connectivity index (χ3n) is 2.91. The quantitative estimate of drug-likeness (QED) is 0.833. The average Bonchev–Trinajstić information content (AvgIpc) is 2.92. The van der Waals surface area contributed by atoms with Gasteiger partial charge >= 0.3 is 0 Å². The van der Waals surface area contributed by atoms with Crippen molar-refractivity contribution >= 4 is 5.91 Å². The van der Waals surface area contributed by atoms with Gasteiger partial charge in [0.2, 0.25) is 5.91 Å². The molecule has 0 aliphatic rings. The van der Waals surface area contributed by atoms with Crippen molar-refractivity contribution in [3.05, 3.63) is 22.8 Å². The topological polar surface area (TPSA) is 98.7 Å². The molecule has 1 N–H and O–H groups in total. The lowest BCUT2D eigenvalue weighted by atomic mass is 10.2. The van der Waals surface area contributed by atoms with Gasteiger partial charge in [-0.1, -0.05) is 5.16 Å². The van der Waals surface area contributed by atoms with E-state index in [1.807, 2.05) is 13.8 Å². The first kappa shape index (κ1) is 13.2.